The monoisotopic (exact) mass is 433 g/mol. The Labute approximate surface area is 181 Å². The Morgan fingerprint density at radius 3 is 2.73 bits per heavy atom. The van der Waals surface area contributed by atoms with E-state index in [0.717, 1.165) is 75.0 Å². The summed E-state index contributed by atoms with van der Waals surface area (Å²) < 4.78 is 12.0. The van der Waals surface area contributed by atoms with E-state index in [4.69, 9.17) is 9.47 Å². The predicted molar refractivity (Wildman–Crippen MR) is 115 cm³/mol. The van der Waals surface area contributed by atoms with Crippen LogP contribution in [0.3, 0.4) is 0 Å². The lowest BCUT2D eigenvalue weighted by molar-refractivity contribution is -0.00126. The first-order valence-electron chi connectivity index (χ1n) is 11.3. The number of hydrogen-bond donors (Lipinski definition) is 2. The number of ether oxygens (including phenoxy) is 2. The topological polar surface area (TPSA) is 87.9 Å². The van der Waals surface area contributed by atoms with Crippen LogP contribution in [0, 0.1) is 0 Å². The van der Waals surface area contributed by atoms with Gasteiger partial charge in [-0.15, -0.1) is 11.3 Å². The fraction of sp³-hybridized carbons (Fsp3) is 0.727. The summed E-state index contributed by atoms with van der Waals surface area (Å²) in [6.07, 6.45) is 8.13. The van der Waals surface area contributed by atoms with Crippen LogP contribution in [0.25, 0.3) is 10.2 Å². The molecule has 8 heteroatoms. The van der Waals surface area contributed by atoms with Gasteiger partial charge in [0.05, 0.1) is 31.3 Å². The van der Waals surface area contributed by atoms with Gasteiger partial charge in [-0.05, 0) is 56.4 Å². The molecule has 3 heterocycles. The molecule has 2 aliphatic carbocycles. The highest BCUT2D eigenvalue weighted by atomic mass is 32.1. The van der Waals surface area contributed by atoms with Crippen LogP contribution in [0.15, 0.2) is 6.33 Å². The summed E-state index contributed by atoms with van der Waals surface area (Å²) in [5.41, 5.74) is 1.25. The maximum absolute atomic E-state index is 10.00. The van der Waals surface area contributed by atoms with Crippen LogP contribution in [0.4, 0.5) is 0 Å². The zero-order valence-electron chi connectivity index (χ0n) is 17.3. The summed E-state index contributed by atoms with van der Waals surface area (Å²) in [4.78, 5) is 13.9. The molecule has 2 fully saturated rings. The second-order valence-corrected chi connectivity index (χ2v) is 9.89. The van der Waals surface area contributed by atoms with Crippen molar-refractivity contribution in [1.82, 2.24) is 14.9 Å². The molecule has 2 aromatic heterocycles. The minimum atomic E-state index is -0.680. The molecule has 164 valence electrons. The molecule has 2 atom stereocenters. The predicted octanol–water partition coefficient (Wildman–Crippen LogP) is 2.49. The standard InChI is InChI=1S/C22H31N3O4S/c26-12-16(27)11-14-1-6-18-19(14)20-21(23-13-24-22(20)30-18)29-17-4-2-15(3-5-17)25-7-9-28-10-8-25/h13-17,26-27H,1-12H2/t14-,15?,16?,17?/m1/s1. The first kappa shape index (κ1) is 20.6. The first-order chi connectivity index (χ1) is 14.7. The Bertz CT molecular complexity index is 861. The van der Waals surface area contributed by atoms with E-state index >= 15 is 0 Å². The molecule has 7 nitrogen and oxygen atoms in total. The van der Waals surface area contributed by atoms with E-state index in [2.05, 4.69) is 14.9 Å². The van der Waals surface area contributed by atoms with Gasteiger partial charge in [0.25, 0.3) is 0 Å². The van der Waals surface area contributed by atoms with Crippen LogP contribution in [-0.4, -0.2) is 76.2 Å². The molecule has 1 saturated heterocycles. The number of morpholine rings is 1. The number of hydrogen-bond acceptors (Lipinski definition) is 8. The van der Waals surface area contributed by atoms with Gasteiger partial charge in [-0.3, -0.25) is 4.90 Å². The van der Waals surface area contributed by atoms with E-state index < -0.39 is 6.10 Å². The summed E-state index contributed by atoms with van der Waals surface area (Å²) in [6, 6.07) is 0.647. The van der Waals surface area contributed by atoms with E-state index in [-0.39, 0.29) is 18.6 Å². The number of nitrogens with zero attached hydrogens (tertiary/aromatic N) is 3. The molecular formula is C22H31N3O4S. The third kappa shape index (κ3) is 4.08. The Balaban J connectivity index is 1.31. The normalized spacial score (nSPS) is 28.5. The van der Waals surface area contributed by atoms with Crippen molar-refractivity contribution < 1.29 is 19.7 Å². The number of fused-ring (bicyclic) bond motifs is 3. The smallest absolute Gasteiger partial charge is 0.225 e. The zero-order chi connectivity index (χ0) is 20.5. The summed E-state index contributed by atoms with van der Waals surface area (Å²) in [6.45, 7) is 3.60. The van der Waals surface area contributed by atoms with E-state index in [1.165, 1.54) is 10.4 Å². The maximum Gasteiger partial charge on any atom is 0.225 e. The van der Waals surface area contributed by atoms with E-state index in [0.29, 0.717) is 18.3 Å². The van der Waals surface area contributed by atoms with Gasteiger partial charge in [-0.1, -0.05) is 0 Å². The molecule has 0 aromatic carbocycles. The average Bonchev–Trinajstić information content (AvgIpc) is 3.35. The zero-order valence-corrected chi connectivity index (χ0v) is 18.1. The van der Waals surface area contributed by atoms with E-state index in [1.807, 2.05) is 0 Å². The highest BCUT2D eigenvalue weighted by Gasteiger charge is 2.33. The average molecular weight is 434 g/mol. The Morgan fingerprint density at radius 2 is 1.97 bits per heavy atom. The molecule has 0 spiro atoms. The van der Waals surface area contributed by atoms with Crippen molar-refractivity contribution in [3.8, 4) is 5.88 Å². The molecule has 5 rings (SSSR count). The number of aliphatic hydroxyl groups excluding tert-OH is 2. The summed E-state index contributed by atoms with van der Waals surface area (Å²) in [5, 5.41) is 20.3. The molecule has 1 aliphatic heterocycles. The van der Waals surface area contributed by atoms with Gasteiger partial charge < -0.3 is 19.7 Å². The third-order valence-corrected chi connectivity index (χ3v) is 8.12. The van der Waals surface area contributed by atoms with Gasteiger partial charge in [-0.25, -0.2) is 9.97 Å². The van der Waals surface area contributed by atoms with Crippen molar-refractivity contribution in [2.45, 2.75) is 69.1 Å². The van der Waals surface area contributed by atoms with Crippen LogP contribution in [0.2, 0.25) is 0 Å². The largest absolute Gasteiger partial charge is 0.474 e. The Kier molecular flexibility index (Phi) is 6.20. The second kappa shape index (κ2) is 9.04. The fourth-order valence-corrected chi connectivity index (χ4v) is 6.63. The fourth-order valence-electron chi connectivity index (χ4n) is 5.40. The molecule has 3 aliphatic rings. The van der Waals surface area contributed by atoms with Gasteiger partial charge >= 0.3 is 0 Å². The van der Waals surface area contributed by atoms with Crippen molar-refractivity contribution in [3.05, 3.63) is 16.8 Å². The molecule has 0 radical (unpaired) electrons. The molecule has 2 N–H and O–H groups in total. The highest BCUT2D eigenvalue weighted by molar-refractivity contribution is 7.19. The van der Waals surface area contributed by atoms with Gasteiger partial charge in [0.15, 0.2) is 0 Å². The van der Waals surface area contributed by atoms with E-state index in [1.54, 1.807) is 17.7 Å². The first-order valence-corrected chi connectivity index (χ1v) is 12.1. The highest BCUT2D eigenvalue weighted by Crippen LogP contribution is 2.47. The lowest BCUT2D eigenvalue weighted by atomic mass is 9.91. The van der Waals surface area contributed by atoms with Crippen LogP contribution in [0.5, 0.6) is 5.88 Å². The van der Waals surface area contributed by atoms with E-state index in [9.17, 15) is 10.2 Å². The van der Waals surface area contributed by atoms with Crippen molar-refractivity contribution >= 4 is 21.6 Å². The van der Waals surface area contributed by atoms with Crippen LogP contribution < -0.4 is 4.74 Å². The summed E-state index contributed by atoms with van der Waals surface area (Å²) in [7, 11) is 0. The summed E-state index contributed by atoms with van der Waals surface area (Å²) in [5.74, 6) is 0.944. The van der Waals surface area contributed by atoms with Crippen LogP contribution in [-0.2, 0) is 11.2 Å². The number of rotatable bonds is 6. The van der Waals surface area contributed by atoms with Crippen molar-refractivity contribution in [2.24, 2.45) is 0 Å². The maximum atomic E-state index is 10.00. The number of aromatic nitrogens is 2. The molecule has 1 saturated carbocycles. The van der Waals surface area contributed by atoms with Gasteiger partial charge in [0.2, 0.25) is 5.88 Å². The Hall–Kier alpha value is -1.32. The third-order valence-electron chi connectivity index (χ3n) is 6.95. The molecule has 2 aromatic rings. The minimum Gasteiger partial charge on any atom is -0.474 e. The van der Waals surface area contributed by atoms with Crippen LogP contribution >= 0.6 is 11.3 Å². The quantitative estimate of drug-likeness (QED) is 0.724. The molecular weight excluding hydrogens is 402 g/mol. The molecule has 1 unspecified atom stereocenters. The number of aryl methyl sites for hydroxylation is 1. The summed E-state index contributed by atoms with van der Waals surface area (Å²) >= 11 is 1.73. The van der Waals surface area contributed by atoms with Gasteiger partial charge in [0.1, 0.15) is 17.3 Å². The molecule has 30 heavy (non-hydrogen) atoms. The van der Waals surface area contributed by atoms with Gasteiger partial charge in [0, 0.05) is 24.0 Å². The molecule has 0 bridgehead atoms. The lowest BCUT2D eigenvalue weighted by Crippen LogP contribution is -2.46. The van der Waals surface area contributed by atoms with Crippen molar-refractivity contribution in [3.63, 3.8) is 0 Å². The molecule has 0 amide bonds. The van der Waals surface area contributed by atoms with Crippen LogP contribution in [0.1, 0.15) is 54.9 Å². The lowest BCUT2D eigenvalue weighted by Gasteiger charge is -2.38. The number of aliphatic hydroxyl groups is 2. The van der Waals surface area contributed by atoms with Gasteiger partial charge in [-0.2, -0.15) is 0 Å². The number of thiophene rings is 1. The minimum absolute atomic E-state index is 0.193. The Morgan fingerprint density at radius 1 is 1.17 bits per heavy atom. The van der Waals surface area contributed by atoms with Crippen molar-refractivity contribution in [2.75, 3.05) is 32.9 Å². The SMILES string of the molecule is OCC(O)C[C@H]1CCc2sc3ncnc(OC4CCC(N5CCOCC5)CC4)c3c21. The van der Waals surface area contributed by atoms with Crippen molar-refractivity contribution in [1.29, 1.82) is 0 Å². The second-order valence-electron chi connectivity index (χ2n) is 8.80.